The third-order valence-electron chi connectivity index (χ3n) is 6.73. The van der Waals surface area contributed by atoms with E-state index >= 15 is 8.78 Å². The highest BCUT2D eigenvalue weighted by molar-refractivity contribution is 5.84. The third-order valence-corrected chi connectivity index (χ3v) is 6.73. The highest BCUT2D eigenvalue weighted by Crippen LogP contribution is 2.27. The predicted molar refractivity (Wildman–Crippen MR) is 140 cm³/mol. The van der Waals surface area contributed by atoms with E-state index in [1.54, 1.807) is 36.4 Å². The quantitative estimate of drug-likeness (QED) is 0.364. The number of carbonyl (C=O) groups excluding carboxylic acids is 1. The van der Waals surface area contributed by atoms with Gasteiger partial charge in [-0.2, -0.15) is 8.78 Å². The zero-order chi connectivity index (χ0) is 27.3. The fraction of sp³-hybridized carbons (Fsp3) is 0.448. The Kier molecular flexibility index (Phi) is 8.89. The number of aromatic nitrogens is 1. The standard InChI is InChI=1S/C29H34F3N3O3/c1-19(2)38-26-17-23(10-12-33-26)27(36)25(18-35-13-3-4-14-35)34-28(37)29(31,32)11-9-20-5-6-22-16-24(30)8-7-21(22)15-20/h5-8,10,12,15-17,19,25,27,36H,3-4,9,11,13-14,18H2,1-2H3,(H,34,37)/t25-,27?/m1/s1. The number of amides is 1. The van der Waals surface area contributed by atoms with Gasteiger partial charge in [-0.05, 0) is 86.3 Å². The van der Waals surface area contributed by atoms with E-state index < -0.39 is 30.4 Å². The van der Waals surface area contributed by atoms with Gasteiger partial charge in [0.15, 0.2) is 0 Å². The van der Waals surface area contributed by atoms with Gasteiger partial charge in [-0.1, -0.05) is 24.3 Å². The van der Waals surface area contributed by atoms with Crippen LogP contribution in [0.2, 0.25) is 0 Å². The van der Waals surface area contributed by atoms with Crippen LogP contribution in [0.5, 0.6) is 5.88 Å². The van der Waals surface area contributed by atoms with Crippen molar-refractivity contribution in [1.82, 2.24) is 15.2 Å². The van der Waals surface area contributed by atoms with E-state index in [9.17, 15) is 14.3 Å². The van der Waals surface area contributed by atoms with Gasteiger partial charge < -0.3 is 20.1 Å². The van der Waals surface area contributed by atoms with Crippen LogP contribution in [-0.2, 0) is 11.2 Å². The molecule has 6 nitrogen and oxygen atoms in total. The average Bonchev–Trinajstić information content (AvgIpc) is 3.39. The normalized spacial score (nSPS) is 16.1. The van der Waals surface area contributed by atoms with Crippen LogP contribution in [0.15, 0.2) is 54.7 Å². The summed E-state index contributed by atoms with van der Waals surface area (Å²) in [6, 6.07) is 11.6. The first-order valence-electron chi connectivity index (χ1n) is 13.0. The Labute approximate surface area is 220 Å². The van der Waals surface area contributed by atoms with E-state index in [0.29, 0.717) is 22.4 Å². The molecule has 204 valence electrons. The van der Waals surface area contributed by atoms with Crippen molar-refractivity contribution >= 4 is 16.7 Å². The molecule has 2 atom stereocenters. The van der Waals surface area contributed by atoms with E-state index in [4.69, 9.17) is 4.74 Å². The molecule has 9 heteroatoms. The molecule has 1 fully saturated rings. The molecule has 1 aliphatic heterocycles. The number of fused-ring (bicyclic) bond motifs is 1. The van der Waals surface area contributed by atoms with Crippen molar-refractivity contribution in [3.05, 3.63) is 71.7 Å². The number of halogens is 3. The van der Waals surface area contributed by atoms with Crippen molar-refractivity contribution in [3.63, 3.8) is 0 Å². The van der Waals surface area contributed by atoms with Crippen LogP contribution in [0.4, 0.5) is 13.2 Å². The Balaban J connectivity index is 1.45. The molecule has 1 aromatic heterocycles. The summed E-state index contributed by atoms with van der Waals surface area (Å²) in [5, 5.41) is 15.0. The molecule has 1 amide bonds. The summed E-state index contributed by atoms with van der Waals surface area (Å²) in [5.41, 5.74) is 1.05. The van der Waals surface area contributed by atoms with Gasteiger partial charge in [0.05, 0.1) is 12.1 Å². The lowest BCUT2D eigenvalue weighted by molar-refractivity contribution is -0.148. The van der Waals surface area contributed by atoms with Crippen LogP contribution in [-0.4, -0.2) is 58.6 Å². The molecule has 0 bridgehead atoms. The van der Waals surface area contributed by atoms with E-state index in [1.807, 2.05) is 13.8 Å². The number of rotatable bonds is 11. The maximum Gasteiger partial charge on any atom is 0.324 e. The molecule has 0 radical (unpaired) electrons. The number of aliphatic hydroxyl groups excluding tert-OH is 1. The number of nitrogens with zero attached hydrogens (tertiary/aromatic N) is 2. The van der Waals surface area contributed by atoms with Crippen molar-refractivity contribution in [2.75, 3.05) is 19.6 Å². The lowest BCUT2D eigenvalue weighted by atomic mass is 10.00. The fourth-order valence-corrected chi connectivity index (χ4v) is 4.73. The van der Waals surface area contributed by atoms with Gasteiger partial charge >= 0.3 is 5.92 Å². The summed E-state index contributed by atoms with van der Waals surface area (Å²) in [6.07, 6.45) is 1.36. The van der Waals surface area contributed by atoms with Crippen LogP contribution in [0, 0.1) is 5.82 Å². The van der Waals surface area contributed by atoms with Crippen LogP contribution in [0.25, 0.3) is 10.8 Å². The van der Waals surface area contributed by atoms with E-state index in [1.165, 1.54) is 18.3 Å². The molecule has 3 aromatic rings. The number of hydrogen-bond donors (Lipinski definition) is 2. The highest BCUT2D eigenvalue weighted by atomic mass is 19.3. The smallest absolute Gasteiger partial charge is 0.324 e. The molecule has 4 rings (SSSR count). The van der Waals surface area contributed by atoms with Gasteiger partial charge in [-0.15, -0.1) is 0 Å². The molecule has 38 heavy (non-hydrogen) atoms. The third kappa shape index (κ3) is 7.23. The molecule has 1 saturated heterocycles. The summed E-state index contributed by atoms with van der Waals surface area (Å²) < 4.78 is 49.1. The number of benzene rings is 2. The van der Waals surface area contributed by atoms with Crippen LogP contribution in [0.3, 0.4) is 0 Å². The first kappa shape index (κ1) is 27.9. The highest BCUT2D eigenvalue weighted by Gasteiger charge is 2.40. The van der Waals surface area contributed by atoms with Gasteiger partial charge in [0.1, 0.15) is 11.9 Å². The van der Waals surface area contributed by atoms with Crippen molar-refractivity contribution in [2.24, 2.45) is 0 Å². The zero-order valence-electron chi connectivity index (χ0n) is 21.7. The van der Waals surface area contributed by atoms with Crippen LogP contribution in [0.1, 0.15) is 50.3 Å². The summed E-state index contributed by atoms with van der Waals surface area (Å²) in [7, 11) is 0. The molecule has 2 N–H and O–H groups in total. The summed E-state index contributed by atoms with van der Waals surface area (Å²) in [5.74, 6) is -5.12. The number of alkyl halides is 2. The van der Waals surface area contributed by atoms with Crippen molar-refractivity contribution in [3.8, 4) is 5.88 Å². The number of carbonyl (C=O) groups is 1. The molecular weight excluding hydrogens is 495 g/mol. The first-order valence-corrected chi connectivity index (χ1v) is 13.0. The number of aryl methyl sites for hydroxylation is 1. The minimum Gasteiger partial charge on any atom is -0.475 e. The summed E-state index contributed by atoms with van der Waals surface area (Å²) in [4.78, 5) is 19.0. The van der Waals surface area contributed by atoms with Gasteiger partial charge in [0.2, 0.25) is 5.88 Å². The van der Waals surface area contributed by atoms with E-state index in [0.717, 1.165) is 31.3 Å². The first-order chi connectivity index (χ1) is 18.1. The average molecular weight is 530 g/mol. The number of ether oxygens (including phenoxy) is 1. The number of pyridine rings is 1. The number of nitrogens with one attached hydrogen (secondary N) is 1. The Morgan fingerprint density at radius 1 is 1.11 bits per heavy atom. The molecule has 0 spiro atoms. The Hall–Kier alpha value is -3.17. The minimum absolute atomic E-state index is 0.0344. The van der Waals surface area contributed by atoms with E-state index in [-0.39, 0.29) is 24.9 Å². The fourth-order valence-electron chi connectivity index (χ4n) is 4.73. The van der Waals surface area contributed by atoms with Crippen molar-refractivity contribution in [1.29, 1.82) is 0 Å². The number of aliphatic hydroxyl groups is 1. The van der Waals surface area contributed by atoms with Crippen LogP contribution >= 0.6 is 0 Å². The van der Waals surface area contributed by atoms with Gasteiger partial charge in [0, 0.05) is 25.2 Å². The SMILES string of the molecule is CC(C)Oc1cc(C(O)[C@@H](CN2CCCC2)NC(=O)C(F)(F)CCc2ccc3cc(F)ccc3c2)ccn1. The summed E-state index contributed by atoms with van der Waals surface area (Å²) >= 11 is 0. The second-order valence-electron chi connectivity index (χ2n) is 10.2. The Morgan fingerprint density at radius 2 is 1.82 bits per heavy atom. The Morgan fingerprint density at radius 3 is 2.55 bits per heavy atom. The molecule has 2 heterocycles. The minimum atomic E-state index is -3.65. The monoisotopic (exact) mass is 529 g/mol. The molecule has 1 unspecified atom stereocenters. The maximum absolute atomic E-state index is 15.0. The predicted octanol–water partition coefficient (Wildman–Crippen LogP) is 5.04. The van der Waals surface area contributed by atoms with Gasteiger partial charge in [-0.3, -0.25) is 4.79 Å². The molecule has 0 saturated carbocycles. The molecule has 1 aliphatic rings. The largest absolute Gasteiger partial charge is 0.475 e. The lowest BCUT2D eigenvalue weighted by Crippen LogP contribution is -2.51. The topological polar surface area (TPSA) is 74.7 Å². The zero-order valence-corrected chi connectivity index (χ0v) is 21.7. The van der Waals surface area contributed by atoms with Crippen molar-refractivity contribution in [2.45, 2.75) is 63.7 Å². The van der Waals surface area contributed by atoms with E-state index in [2.05, 4.69) is 15.2 Å². The van der Waals surface area contributed by atoms with Crippen LogP contribution < -0.4 is 10.1 Å². The van der Waals surface area contributed by atoms with Crippen molar-refractivity contribution < 1.29 is 27.8 Å². The van der Waals surface area contributed by atoms with Gasteiger partial charge in [0.25, 0.3) is 5.91 Å². The summed E-state index contributed by atoms with van der Waals surface area (Å²) in [6.45, 7) is 5.49. The second-order valence-corrected chi connectivity index (χ2v) is 10.2. The number of hydrogen-bond acceptors (Lipinski definition) is 5. The molecular formula is C29H34F3N3O3. The Bertz CT molecular complexity index is 1250. The molecule has 0 aliphatic carbocycles. The van der Waals surface area contributed by atoms with Gasteiger partial charge in [-0.25, -0.2) is 9.37 Å². The number of likely N-dealkylation sites (tertiary alicyclic amines) is 1. The maximum atomic E-state index is 15.0. The lowest BCUT2D eigenvalue weighted by Gasteiger charge is -2.30. The second kappa shape index (κ2) is 12.1. The molecule has 2 aromatic carbocycles.